The van der Waals surface area contributed by atoms with E-state index in [4.69, 9.17) is 4.74 Å². The average Bonchev–Trinajstić information content (AvgIpc) is 3.45. The van der Waals surface area contributed by atoms with Crippen LogP contribution >= 0.6 is 11.8 Å². The van der Waals surface area contributed by atoms with Gasteiger partial charge in [0.25, 0.3) is 5.91 Å². The maximum atomic E-state index is 13.6. The SMILES string of the molecule is CN(C)CC1CN(C2=NC(=O)C(=Cc3ccc4c(cnn4Cc4ccc(C(F)(F)F)cc4C(F)(F)F)c3)S2)CCO1. The number of alkyl halides is 6. The fourth-order valence-electron chi connectivity index (χ4n) is 4.73. The highest BCUT2D eigenvalue weighted by Crippen LogP contribution is 2.38. The van der Waals surface area contributed by atoms with Crippen molar-refractivity contribution in [2.45, 2.75) is 25.0 Å². The molecule has 2 aromatic carbocycles. The van der Waals surface area contributed by atoms with Gasteiger partial charge in [0.1, 0.15) is 0 Å². The van der Waals surface area contributed by atoms with Gasteiger partial charge in [-0.25, -0.2) is 0 Å². The summed E-state index contributed by atoms with van der Waals surface area (Å²) in [5.74, 6) is -0.363. The van der Waals surface area contributed by atoms with Gasteiger partial charge in [-0.15, -0.1) is 0 Å². The summed E-state index contributed by atoms with van der Waals surface area (Å²) < 4.78 is 87.0. The molecule has 218 valence electrons. The van der Waals surface area contributed by atoms with Crippen molar-refractivity contribution < 1.29 is 35.9 Å². The third-order valence-corrected chi connectivity index (χ3v) is 7.66. The highest BCUT2D eigenvalue weighted by Gasteiger charge is 2.38. The molecule has 0 radical (unpaired) electrons. The van der Waals surface area contributed by atoms with Crippen molar-refractivity contribution in [1.29, 1.82) is 0 Å². The number of aromatic nitrogens is 2. The molecule has 1 unspecified atom stereocenters. The lowest BCUT2D eigenvalue weighted by molar-refractivity contribution is -0.143. The number of carbonyl (C=O) groups is 1. The van der Waals surface area contributed by atoms with E-state index in [2.05, 4.69) is 10.1 Å². The molecule has 1 aromatic heterocycles. The molecule has 0 saturated carbocycles. The molecule has 14 heteroatoms. The number of ether oxygens (including phenoxy) is 1. The first-order valence-corrected chi connectivity index (χ1v) is 13.4. The highest BCUT2D eigenvalue weighted by molar-refractivity contribution is 8.18. The molecule has 0 N–H and O–H groups in total. The first kappa shape index (κ1) is 29.1. The van der Waals surface area contributed by atoms with Gasteiger partial charge in [-0.3, -0.25) is 9.48 Å². The number of morpholine rings is 1. The van der Waals surface area contributed by atoms with Gasteiger partial charge in [0.2, 0.25) is 0 Å². The number of thioether (sulfide) groups is 1. The van der Waals surface area contributed by atoms with Gasteiger partial charge in [-0.05, 0) is 67.3 Å². The van der Waals surface area contributed by atoms with Crippen molar-refractivity contribution in [2.24, 2.45) is 4.99 Å². The lowest BCUT2D eigenvalue weighted by Crippen LogP contribution is -2.47. The summed E-state index contributed by atoms with van der Waals surface area (Å²) in [5, 5.41) is 5.37. The monoisotopic (exact) mass is 597 g/mol. The number of halogens is 6. The molecule has 41 heavy (non-hydrogen) atoms. The van der Waals surface area contributed by atoms with Crippen LogP contribution in [0, 0.1) is 0 Å². The van der Waals surface area contributed by atoms with Crippen LogP contribution < -0.4 is 0 Å². The second-order valence-electron chi connectivity index (χ2n) is 10.00. The normalized spacial score (nSPS) is 19.6. The number of fused-ring (bicyclic) bond motifs is 1. The molecule has 1 amide bonds. The Morgan fingerprint density at radius 1 is 1.10 bits per heavy atom. The van der Waals surface area contributed by atoms with Gasteiger partial charge in [-0.2, -0.15) is 36.4 Å². The zero-order chi connectivity index (χ0) is 29.5. The van der Waals surface area contributed by atoms with Crippen LogP contribution in [0.1, 0.15) is 22.3 Å². The number of nitrogens with zero attached hydrogens (tertiary/aromatic N) is 5. The van der Waals surface area contributed by atoms with Crippen molar-refractivity contribution in [3.8, 4) is 0 Å². The van der Waals surface area contributed by atoms with Gasteiger partial charge in [0, 0.05) is 25.0 Å². The Morgan fingerprint density at radius 3 is 2.59 bits per heavy atom. The van der Waals surface area contributed by atoms with E-state index in [1.165, 1.54) is 22.6 Å². The number of rotatable bonds is 5. The molecule has 1 fully saturated rings. The zero-order valence-electron chi connectivity index (χ0n) is 22.0. The van der Waals surface area contributed by atoms with Crippen LogP contribution in [0.25, 0.3) is 17.0 Å². The number of amidine groups is 1. The number of benzene rings is 2. The van der Waals surface area contributed by atoms with Crippen LogP contribution in [0.4, 0.5) is 26.3 Å². The lowest BCUT2D eigenvalue weighted by atomic mass is 10.0. The summed E-state index contributed by atoms with van der Waals surface area (Å²) in [6.45, 7) is 2.13. The second kappa shape index (κ2) is 11.1. The van der Waals surface area contributed by atoms with Crippen molar-refractivity contribution >= 4 is 39.8 Å². The molecule has 1 atom stereocenters. The van der Waals surface area contributed by atoms with Gasteiger partial charge in [0.15, 0.2) is 5.17 Å². The summed E-state index contributed by atoms with van der Waals surface area (Å²) >= 11 is 1.27. The van der Waals surface area contributed by atoms with Crippen LogP contribution in [-0.4, -0.2) is 77.1 Å². The van der Waals surface area contributed by atoms with Crippen LogP contribution in [0.5, 0.6) is 0 Å². The topological polar surface area (TPSA) is 63.0 Å². The minimum atomic E-state index is -4.97. The predicted octanol–water partition coefficient (Wildman–Crippen LogP) is 5.35. The van der Waals surface area contributed by atoms with Crippen molar-refractivity contribution in [3.05, 3.63) is 69.8 Å². The molecule has 3 aromatic rings. The molecule has 7 nitrogen and oxygen atoms in total. The molecular weight excluding hydrogens is 572 g/mol. The molecule has 5 rings (SSSR count). The van der Waals surface area contributed by atoms with E-state index in [0.29, 0.717) is 52.3 Å². The minimum Gasteiger partial charge on any atom is -0.373 e. The van der Waals surface area contributed by atoms with E-state index in [-0.39, 0.29) is 30.2 Å². The summed E-state index contributed by atoms with van der Waals surface area (Å²) in [6, 6.07) is 6.65. The van der Waals surface area contributed by atoms with Crippen LogP contribution in [0.15, 0.2) is 52.5 Å². The third-order valence-electron chi connectivity index (χ3n) is 6.61. The Morgan fingerprint density at radius 2 is 1.88 bits per heavy atom. The molecule has 2 aliphatic heterocycles. The van der Waals surface area contributed by atoms with Gasteiger partial charge in [-0.1, -0.05) is 12.1 Å². The first-order valence-electron chi connectivity index (χ1n) is 12.5. The minimum absolute atomic E-state index is 0.00101. The fourth-order valence-corrected chi connectivity index (χ4v) is 5.68. The molecule has 0 bridgehead atoms. The number of hydrogen-bond donors (Lipinski definition) is 0. The summed E-state index contributed by atoms with van der Waals surface area (Å²) in [7, 11) is 3.92. The van der Waals surface area contributed by atoms with E-state index >= 15 is 0 Å². The molecule has 3 heterocycles. The number of amides is 1. The number of likely N-dealkylation sites (N-methyl/N-ethyl adjacent to an activating group) is 1. The smallest absolute Gasteiger partial charge is 0.373 e. The summed E-state index contributed by atoms with van der Waals surface area (Å²) in [5.41, 5.74) is -1.91. The quantitative estimate of drug-likeness (QED) is 0.292. The number of aliphatic imine (C=N–C) groups is 1. The molecule has 2 aliphatic rings. The fraction of sp³-hybridized carbons (Fsp3) is 0.370. The second-order valence-corrected chi connectivity index (χ2v) is 11.0. The van der Waals surface area contributed by atoms with Gasteiger partial charge >= 0.3 is 12.4 Å². The Kier molecular flexibility index (Phi) is 7.92. The standard InChI is InChI=1S/C27H25F6N5O2S/c1-36(2)14-20-15-37(7-8-40-20)25-35-24(39)23(41-25)10-16-3-6-22-18(9-16)12-34-38(22)13-17-4-5-19(26(28,29)30)11-21(17)27(31,32)33/h3-6,9-12,20H,7-8,13-15H2,1-2H3. The summed E-state index contributed by atoms with van der Waals surface area (Å²) in [6.07, 6.45) is -6.73. The van der Waals surface area contributed by atoms with E-state index in [1.807, 2.05) is 23.9 Å². The van der Waals surface area contributed by atoms with Gasteiger partial charge in [0.05, 0.1) is 47.0 Å². The largest absolute Gasteiger partial charge is 0.416 e. The molecule has 0 spiro atoms. The van der Waals surface area contributed by atoms with Crippen LogP contribution in [-0.2, 0) is 28.4 Å². The van der Waals surface area contributed by atoms with Crippen molar-refractivity contribution in [1.82, 2.24) is 19.6 Å². The maximum absolute atomic E-state index is 13.6. The van der Waals surface area contributed by atoms with E-state index in [1.54, 1.807) is 24.3 Å². The summed E-state index contributed by atoms with van der Waals surface area (Å²) in [4.78, 5) is 21.4. The van der Waals surface area contributed by atoms with Gasteiger partial charge < -0.3 is 14.5 Å². The van der Waals surface area contributed by atoms with Crippen molar-refractivity contribution in [3.63, 3.8) is 0 Å². The predicted molar refractivity (Wildman–Crippen MR) is 143 cm³/mol. The Balaban J connectivity index is 1.33. The first-order chi connectivity index (χ1) is 19.3. The Hall–Kier alpha value is -3.36. The highest BCUT2D eigenvalue weighted by atomic mass is 32.2. The van der Waals surface area contributed by atoms with Crippen molar-refractivity contribution in [2.75, 3.05) is 40.3 Å². The lowest BCUT2D eigenvalue weighted by Gasteiger charge is -2.34. The Bertz CT molecular complexity index is 1530. The molecule has 1 saturated heterocycles. The molecular formula is C27H25F6N5O2S. The zero-order valence-corrected chi connectivity index (χ0v) is 22.8. The average molecular weight is 598 g/mol. The van der Waals surface area contributed by atoms with Crippen LogP contribution in [0.3, 0.4) is 0 Å². The maximum Gasteiger partial charge on any atom is 0.416 e. The number of hydrogen-bond acceptors (Lipinski definition) is 6. The van der Waals surface area contributed by atoms with E-state index in [9.17, 15) is 31.1 Å². The third kappa shape index (κ3) is 6.60. The molecule has 0 aliphatic carbocycles. The number of carbonyl (C=O) groups excluding carboxylic acids is 1. The Labute approximate surface area is 235 Å². The van der Waals surface area contributed by atoms with E-state index < -0.39 is 23.5 Å². The van der Waals surface area contributed by atoms with Crippen LogP contribution in [0.2, 0.25) is 0 Å². The van der Waals surface area contributed by atoms with E-state index in [0.717, 1.165) is 12.6 Å².